The summed E-state index contributed by atoms with van der Waals surface area (Å²) in [6.45, 7) is 7.68. The molecule has 0 amide bonds. The molecule has 3 rings (SSSR count). The van der Waals surface area contributed by atoms with Crippen molar-refractivity contribution in [3.05, 3.63) is 70.5 Å². The number of ether oxygens (including phenoxy) is 1. The van der Waals surface area contributed by atoms with Crippen molar-refractivity contribution in [3.8, 4) is 11.4 Å². The van der Waals surface area contributed by atoms with Crippen LogP contribution < -0.4 is 9.46 Å². The zero-order valence-corrected chi connectivity index (χ0v) is 17.6. The van der Waals surface area contributed by atoms with Crippen molar-refractivity contribution in [2.24, 2.45) is 0 Å². The number of benzene rings is 2. The molecule has 0 aliphatic heterocycles. The van der Waals surface area contributed by atoms with Gasteiger partial charge >= 0.3 is 0 Å². The maximum atomic E-state index is 12.8. The highest BCUT2D eigenvalue weighted by Crippen LogP contribution is 2.26. The van der Waals surface area contributed by atoms with Gasteiger partial charge in [-0.25, -0.2) is 17.8 Å². The summed E-state index contributed by atoms with van der Waals surface area (Å²) >= 11 is 0. The molecule has 7 heteroatoms. The summed E-state index contributed by atoms with van der Waals surface area (Å²) in [5.41, 5.74) is 5.09. The zero-order chi connectivity index (χ0) is 20.5. The molecular weight excluding hydrogens is 374 g/mol. The van der Waals surface area contributed by atoms with Crippen LogP contribution in [0.2, 0.25) is 0 Å². The third-order valence-electron chi connectivity index (χ3n) is 4.83. The molecule has 3 aromatic rings. The van der Waals surface area contributed by atoms with Crippen molar-refractivity contribution in [3.63, 3.8) is 0 Å². The molecule has 0 unspecified atom stereocenters. The minimum absolute atomic E-state index is 0.178. The molecule has 0 atom stereocenters. The fraction of sp³-hybridized carbons (Fsp3) is 0.286. The number of hydrogen-bond donors (Lipinski definition) is 1. The van der Waals surface area contributed by atoms with Gasteiger partial charge in [0.25, 0.3) is 0 Å². The molecule has 2 aromatic carbocycles. The number of sulfonamides is 1. The lowest BCUT2D eigenvalue weighted by atomic mass is 10.1. The number of aromatic nitrogens is 2. The van der Waals surface area contributed by atoms with Gasteiger partial charge in [0, 0.05) is 17.8 Å². The number of nitrogens with one attached hydrogen (secondary N) is 1. The molecule has 0 fully saturated rings. The quantitative estimate of drug-likeness (QED) is 0.687. The van der Waals surface area contributed by atoms with E-state index in [-0.39, 0.29) is 11.4 Å². The van der Waals surface area contributed by atoms with Crippen molar-refractivity contribution >= 4 is 10.0 Å². The molecular formula is C21H25N3O3S. The number of rotatable bonds is 6. The normalized spacial score (nSPS) is 11.6. The predicted octanol–water partition coefficient (Wildman–Crippen LogP) is 3.59. The Labute approximate surface area is 166 Å². The van der Waals surface area contributed by atoms with Crippen molar-refractivity contribution < 1.29 is 13.2 Å². The van der Waals surface area contributed by atoms with Gasteiger partial charge < -0.3 is 4.74 Å². The molecule has 0 bridgehead atoms. The minimum atomic E-state index is -3.66. The van der Waals surface area contributed by atoms with E-state index in [0.29, 0.717) is 5.75 Å². The van der Waals surface area contributed by atoms with Crippen LogP contribution in [0.15, 0.2) is 47.4 Å². The smallest absolute Gasteiger partial charge is 0.240 e. The number of aryl methyl sites for hydroxylation is 3. The van der Waals surface area contributed by atoms with E-state index in [0.717, 1.165) is 33.8 Å². The fourth-order valence-electron chi connectivity index (χ4n) is 3.39. The third-order valence-corrected chi connectivity index (χ3v) is 6.21. The summed E-state index contributed by atoms with van der Waals surface area (Å²) in [6.07, 6.45) is 0. The first-order valence-corrected chi connectivity index (χ1v) is 10.5. The van der Waals surface area contributed by atoms with Crippen LogP contribution >= 0.6 is 0 Å². The first-order valence-electron chi connectivity index (χ1n) is 9.00. The Hall–Kier alpha value is -2.64. The number of hydrogen-bond acceptors (Lipinski definition) is 4. The van der Waals surface area contributed by atoms with Crippen molar-refractivity contribution in [2.45, 2.75) is 39.1 Å². The molecule has 1 heterocycles. The summed E-state index contributed by atoms with van der Waals surface area (Å²) in [5, 5.41) is 4.57. The van der Waals surface area contributed by atoms with Crippen LogP contribution in [0.3, 0.4) is 0 Å². The zero-order valence-electron chi connectivity index (χ0n) is 16.8. The molecule has 0 radical (unpaired) electrons. The van der Waals surface area contributed by atoms with Gasteiger partial charge in [-0.3, -0.25) is 0 Å². The van der Waals surface area contributed by atoms with Crippen LogP contribution in [0.25, 0.3) is 5.69 Å². The van der Waals surface area contributed by atoms with Crippen LogP contribution in [0.1, 0.15) is 28.1 Å². The van der Waals surface area contributed by atoms with Crippen molar-refractivity contribution in [2.75, 3.05) is 7.11 Å². The number of methoxy groups -OCH3 is 1. The van der Waals surface area contributed by atoms with Gasteiger partial charge in [-0.2, -0.15) is 5.10 Å². The molecule has 0 saturated carbocycles. The summed E-state index contributed by atoms with van der Waals surface area (Å²) < 4.78 is 35.5. The Morgan fingerprint density at radius 3 is 2.21 bits per heavy atom. The number of para-hydroxylation sites is 1. The Balaban J connectivity index is 1.87. The van der Waals surface area contributed by atoms with Crippen molar-refractivity contribution in [1.82, 2.24) is 14.5 Å². The summed E-state index contributed by atoms with van der Waals surface area (Å²) in [7, 11) is -2.08. The number of nitrogens with zero attached hydrogens (tertiary/aromatic N) is 2. The standard InChI is InChI=1S/C21H25N3O3S/c1-14-11-19(12-15(2)21(14)27-5)28(25,26)22-13-20-16(3)23-24(17(20)4)18-9-7-6-8-10-18/h6-12,22H,13H2,1-5H3. The van der Waals surface area contributed by atoms with E-state index in [1.54, 1.807) is 19.2 Å². The van der Waals surface area contributed by atoms with E-state index in [2.05, 4.69) is 9.82 Å². The van der Waals surface area contributed by atoms with E-state index in [9.17, 15) is 8.42 Å². The maximum absolute atomic E-state index is 12.8. The highest BCUT2D eigenvalue weighted by Gasteiger charge is 2.20. The van der Waals surface area contributed by atoms with E-state index >= 15 is 0 Å². The molecule has 148 valence electrons. The van der Waals surface area contributed by atoms with Gasteiger partial charge in [-0.05, 0) is 63.1 Å². The second-order valence-corrected chi connectivity index (χ2v) is 8.58. The van der Waals surface area contributed by atoms with E-state index < -0.39 is 10.0 Å². The van der Waals surface area contributed by atoms with Gasteiger partial charge in [0.2, 0.25) is 10.0 Å². The molecule has 6 nitrogen and oxygen atoms in total. The summed E-state index contributed by atoms with van der Waals surface area (Å²) in [4.78, 5) is 0.231. The maximum Gasteiger partial charge on any atom is 0.240 e. The Bertz CT molecular complexity index is 1080. The monoisotopic (exact) mass is 399 g/mol. The van der Waals surface area contributed by atoms with Gasteiger partial charge in [-0.1, -0.05) is 18.2 Å². The van der Waals surface area contributed by atoms with Crippen LogP contribution in [0.5, 0.6) is 5.75 Å². The van der Waals surface area contributed by atoms with Crippen molar-refractivity contribution in [1.29, 1.82) is 0 Å². The van der Waals surface area contributed by atoms with E-state index in [1.165, 1.54) is 0 Å². The molecule has 0 aliphatic carbocycles. The predicted molar refractivity (Wildman–Crippen MR) is 110 cm³/mol. The molecule has 1 aromatic heterocycles. The third kappa shape index (κ3) is 3.81. The Morgan fingerprint density at radius 2 is 1.64 bits per heavy atom. The molecule has 0 saturated heterocycles. The van der Waals surface area contributed by atoms with Crippen LogP contribution in [0.4, 0.5) is 0 Å². The average Bonchev–Trinajstić information content (AvgIpc) is 2.94. The largest absolute Gasteiger partial charge is 0.496 e. The first-order chi connectivity index (χ1) is 13.2. The van der Waals surface area contributed by atoms with Gasteiger partial charge in [-0.15, -0.1) is 0 Å². The van der Waals surface area contributed by atoms with Gasteiger partial charge in [0.05, 0.1) is 23.4 Å². The fourth-order valence-corrected chi connectivity index (χ4v) is 4.55. The first kappa shape index (κ1) is 20.1. The average molecular weight is 400 g/mol. The summed E-state index contributed by atoms with van der Waals surface area (Å²) in [6, 6.07) is 13.0. The molecule has 1 N–H and O–H groups in total. The second-order valence-electron chi connectivity index (χ2n) is 6.81. The lowest BCUT2D eigenvalue weighted by molar-refractivity contribution is 0.408. The molecule has 0 spiro atoms. The minimum Gasteiger partial charge on any atom is -0.496 e. The Morgan fingerprint density at radius 1 is 1.04 bits per heavy atom. The van der Waals surface area contributed by atoms with Crippen LogP contribution in [-0.2, 0) is 16.6 Å². The van der Waals surface area contributed by atoms with E-state index in [4.69, 9.17) is 4.74 Å². The highest BCUT2D eigenvalue weighted by atomic mass is 32.2. The second kappa shape index (κ2) is 7.77. The summed E-state index contributed by atoms with van der Waals surface area (Å²) in [5.74, 6) is 0.703. The SMILES string of the molecule is COc1c(C)cc(S(=O)(=O)NCc2c(C)nn(-c3ccccc3)c2C)cc1C. The Kier molecular flexibility index (Phi) is 5.58. The molecule has 0 aliphatic rings. The topological polar surface area (TPSA) is 73.2 Å². The highest BCUT2D eigenvalue weighted by molar-refractivity contribution is 7.89. The molecule has 28 heavy (non-hydrogen) atoms. The lowest BCUT2D eigenvalue weighted by Crippen LogP contribution is -2.24. The van der Waals surface area contributed by atoms with Crippen LogP contribution in [0, 0.1) is 27.7 Å². The van der Waals surface area contributed by atoms with Gasteiger partial charge in [0.1, 0.15) is 5.75 Å². The lowest BCUT2D eigenvalue weighted by Gasteiger charge is -2.13. The van der Waals surface area contributed by atoms with Gasteiger partial charge in [0.15, 0.2) is 0 Å². The van der Waals surface area contributed by atoms with Crippen LogP contribution in [-0.4, -0.2) is 25.3 Å². The van der Waals surface area contributed by atoms with E-state index in [1.807, 2.05) is 62.7 Å².